The minimum atomic E-state index is -0.953. The van der Waals surface area contributed by atoms with Crippen LogP contribution in [0.2, 0.25) is 0 Å². The predicted molar refractivity (Wildman–Crippen MR) is 32.1 cm³/mol. The van der Waals surface area contributed by atoms with Crippen LogP contribution in [-0.4, -0.2) is 16.6 Å². The summed E-state index contributed by atoms with van der Waals surface area (Å²) >= 11 is 0. The van der Waals surface area contributed by atoms with Crippen LogP contribution in [0, 0.1) is 10.1 Å². The third-order valence-electron chi connectivity index (χ3n) is 1.12. The topological polar surface area (TPSA) is 46.4 Å². The van der Waals surface area contributed by atoms with Crippen molar-refractivity contribution in [3.8, 4) is 0 Å². The molecule has 1 rings (SSSR count). The fourth-order valence-corrected chi connectivity index (χ4v) is 0.687. The lowest BCUT2D eigenvalue weighted by molar-refractivity contribution is -0.429. The summed E-state index contributed by atoms with van der Waals surface area (Å²) in [6.07, 6.45) is 1.24. The largest absolute Gasteiger partial charge is 0.271 e. The van der Waals surface area contributed by atoms with Gasteiger partial charge in [0.05, 0.1) is 17.2 Å². The van der Waals surface area contributed by atoms with Gasteiger partial charge in [0.2, 0.25) is 0 Å². The van der Waals surface area contributed by atoms with Crippen molar-refractivity contribution < 1.29 is 13.8 Å². The molecule has 0 aromatic carbocycles. The summed E-state index contributed by atoms with van der Waals surface area (Å²) in [4.78, 5) is 9.18. The Morgan fingerprint density at radius 3 is 2.82 bits per heavy atom. The highest BCUT2D eigenvalue weighted by Gasteiger charge is 2.20. The van der Waals surface area contributed by atoms with Crippen molar-refractivity contribution in [1.29, 1.82) is 0 Å². The minimum absolute atomic E-state index is 0.0759. The van der Waals surface area contributed by atoms with Crippen LogP contribution in [0.25, 0.3) is 0 Å². The Kier molecular flexibility index (Phi) is 1.84. The van der Waals surface area contributed by atoms with E-state index in [2.05, 4.69) is 0 Å². The van der Waals surface area contributed by atoms with Crippen LogP contribution in [0.4, 0.5) is 8.87 Å². The molecule has 1 aliphatic rings. The smallest absolute Gasteiger partial charge is 0.259 e. The van der Waals surface area contributed by atoms with E-state index >= 15 is 0 Å². The van der Waals surface area contributed by atoms with E-state index < -0.39 is 23.0 Å². The maximum Gasteiger partial charge on any atom is 0.271 e. The van der Waals surface area contributed by atoms with Gasteiger partial charge in [0, 0.05) is 0 Å². The number of hydrogen-bond donors (Lipinski definition) is 0. The Labute approximate surface area is 60.5 Å². The van der Waals surface area contributed by atoms with E-state index in [0.29, 0.717) is 12.3 Å². The van der Waals surface area contributed by atoms with E-state index in [1.54, 1.807) is 0 Å². The molecule has 0 aromatic rings. The second-order valence-corrected chi connectivity index (χ2v) is 1.96. The van der Waals surface area contributed by atoms with E-state index in [4.69, 9.17) is 0 Å². The van der Waals surface area contributed by atoms with Crippen LogP contribution in [0.3, 0.4) is 0 Å². The Balaban J connectivity index is 2.84. The summed E-state index contributed by atoms with van der Waals surface area (Å²) in [5.41, 5.74) is -0.493. The van der Waals surface area contributed by atoms with Gasteiger partial charge < -0.3 is 0 Å². The molecule has 0 unspecified atom stereocenters. The number of nitrogens with zero attached hydrogens (tertiary/aromatic N) is 2. The zero-order chi connectivity index (χ0) is 8.43. The second-order valence-electron chi connectivity index (χ2n) is 1.96. The summed E-state index contributed by atoms with van der Waals surface area (Å²) in [6.45, 7) is -0.513. The number of hydrogen-bond acceptors (Lipinski definition) is 3. The van der Waals surface area contributed by atoms with Crippen LogP contribution in [0.1, 0.15) is 0 Å². The van der Waals surface area contributed by atoms with Gasteiger partial charge in [0.1, 0.15) is 12.4 Å². The van der Waals surface area contributed by atoms with Gasteiger partial charge in [-0.2, -0.15) is 0 Å². The van der Waals surface area contributed by atoms with Gasteiger partial charge in [-0.3, -0.25) is 10.1 Å². The molecule has 0 fully saturated rings. The minimum Gasteiger partial charge on any atom is -0.259 e. The summed E-state index contributed by atoms with van der Waals surface area (Å²) < 4.78 is 24.5. The molecule has 0 saturated carbocycles. The molecular weight excluding hydrogens is 158 g/mol. The second kappa shape index (κ2) is 2.65. The van der Waals surface area contributed by atoms with Gasteiger partial charge in [-0.1, -0.05) is 4.48 Å². The highest BCUT2D eigenvalue weighted by molar-refractivity contribution is 5.18. The van der Waals surface area contributed by atoms with Gasteiger partial charge >= 0.3 is 0 Å². The standard InChI is InChI=1S/C5H4F2N2O2/c6-4-1-5(9(10)11)3-8(7)2-4/h1-2H,3H2. The van der Waals surface area contributed by atoms with Crippen molar-refractivity contribution in [1.82, 2.24) is 5.12 Å². The Morgan fingerprint density at radius 1 is 1.73 bits per heavy atom. The number of nitro groups is 1. The lowest BCUT2D eigenvalue weighted by atomic mass is 10.3. The third-order valence-corrected chi connectivity index (χ3v) is 1.12. The van der Waals surface area contributed by atoms with Crippen molar-refractivity contribution in [2.45, 2.75) is 0 Å². The van der Waals surface area contributed by atoms with Gasteiger partial charge in [-0.25, -0.2) is 9.51 Å². The summed E-state index contributed by atoms with van der Waals surface area (Å²) in [7, 11) is 0. The van der Waals surface area contributed by atoms with Crippen molar-refractivity contribution in [2.24, 2.45) is 0 Å². The van der Waals surface area contributed by atoms with Gasteiger partial charge in [-0.15, -0.1) is 0 Å². The molecule has 4 nitrogen and oxygen atoms in total. The van der Waals surface area contributed by atoms with E-state index in [-0.39, 0.29) is 5.12 Å². The molecule has 6 heteroatoms. The molecular formula is C5H4F2N2O2. The first kappa shape index (κ1) is 7.64. The van der Waals surface area contributed by atoms with Crippen molar-refractivity contribution in [3.63, 3.8) is 0 Å². The van der Waals surface area contributed by atoms with Gasteiger partial charge in [0.15, 0.2) is 0 Å². The normalized spacial score (nSPS) is 17.5. The SMILES string of the molecule is O=[N+]([O-])C1=CC(F)=CN(F)C1. The van der Waals surface area contributed by atoms with Crippen molar-refractivity contribution in [2.75, 3.05) is 6.54 Å². The monoisotopic (exact) mass is 162 g/mol. The average molecular weight is 162 g/mol. The van der Waals surface area contributed by atoms with E-state index in [1.807, 2.05) is 0 Å². The van der Waals surface area contributed by atoms with Crippen LogP contribution in [0.5, 0.6) is 0 Å². The number of rotatable bonds is 1. The molecule has 11 heavy (non-hydrogen) atoms. The lowest BCUT2D eigenvalue weighted by Crippen LogP contribution is -2.18. The summed E-state index contributed by atoms with van der Waals surface area (Å²) in [5.74, 6) is -0.953. The third kappa shape index (κ3) is 1.73. The molecule has 0 bridgehead atoms. The molecule has 60 valence electrons. The van der Waals surface area contributed by atoms with E-state index in [1.165, 1.54) is 0 Å². The molecule has 0 aliphatic carbocycles. The average Bonchev–Trinajstić information content (AvgIpc) is 1.85. The molecule has 0 aromatic heterocycles. The van der Waals surface area contributed by atoms with E-state index in [9.17, 15) is 19.0 Å². The molecule has 1 aliphatic heterocycles. The van der Waals surface area contributed by atoms with Crippen LogP contribution in [-0.2, 0) is 0 Å². The molecule has 0 radical (unpaired) electrons. The Morgan fingerprint density at radius 2 is 2.36 bits per heavy atom. The highest BCUT2D eigenvalue weighted by atomic mass is 19.2. The molecule has 0 amide bonds. The van der Waals surface area contributed by atoms with Crippen LogP contribution < -0.4 is 0 Å². The summed E-state index contributed by atoms with van der Waals surface area (Å²) in [6, 6.07) is 0. The van der Waals surface area contributed by atoms with Crippen molar-refractivity contribution in [3.05, 3.63) is 33.9 Å². The van der Waals surface area contributed by atoms with Gasteiger partial charge in [-0.05, 0) is 0 Å². The fourth-order valence-electron chi connectivity index (χ4n) is 0.687. The Bertz CT molecular complexity index is 249. The zero-order valence-electron chi connectivity index (χ0n) is 5.33. The molecule has 0 atom stereocenters. The fraction of sp³-hybridized carbons (Fsp3) is 0.200. The maximum atomic E-state index is 12.2. The number of halogens is 2. The van der Waals surface area contributed by atoms with Crippen molar-refractivity contribution >= 4 is 0 Å². The number of allylic oxidation sites excluding steroid dienone is 2. The zero-order valence-corrected chi connectivity index (χ0v) is 5.33. The predicted octanol–water partition coefficient (Wildman–Crippen LogP) is 1.16. The van der Waals surface area contributed by atoms with Gasteiger partial charge in [0.25, 0.3) is 5.70 Å². The Hall–Kier alpha value is -1.46. The molecule has 1 heterocycles. The molecule has 0 spiro atoms. The first-order valence-corrected chi connectivity index (χ1v) is 2.74. The van der Waals surface area contributed by atoms with Crippen LogP contribution >= 0.6 is 0 Å². The first-order chi connectivity index (χ1) is 5.09. The molecule has 0 N–H and O–H groups in total. The van der Waals surface area contributed by atoms with Crippen LogP contribution in [0.15, 0.2) is 23.8 Å². The maximum absolute atomic E-state index is 12.2. The summed E-state index contributed by atoms with van der Waals surface area (Å²) in [5, 5.41) is 9.92. The first-order valence-electron chi connectivity index (χ1n) is 2.74. The van der Waals surface area contributed by atoms with E-state index in [0.717, 1.165) is 0 Å². The highest BCUT2D eigenvalue weighted by Crippen LogP contribution is 2.14. The quantitative estimate of drug-likeness (QED) is 0.330. The molecule has 0 saturated heterocycles. The lowest BCUT2D eigenvalue weighted by Gasteiger charge is -2.09.